The number of hydrogen-bond acceptors (Lipinski definition) is 1. The van der Waals surface area contributed by atoms with Crippen LogP contribution in [0.3, 0.4) is 0 Å². The Morgan fingerprint density at radius 3 is 2.33 bits per heavy atom. The lowest BCUT2D eigenvalue weighted by Crippen LogP contribution is -1.99. The van der Waals surface area contributed by atoms with Crippen molar-refractivity contribution in [1.82, 2.24) is 0 Å². The van der Waals surface area contributed by atoms with Crippen molar-refractivity contribution in [2.24, 2.45) is 0 Å². The Hall–Kier alpha value is -0.820. The molecule has 0 unspecified atom stereocenters. The van der Waals surface area contributed by atoms with E-state index in [0.717, 1.165) is 19.3 Å². The highest BCUT2D eigenvalue weighted by Gasteiger charge is 2.02. The first-order valence-electron chi connectivity index (χ1n) is 5.36. The monoisotopic (exact) mass is 224 g/mol. The number of rotatable bonds is 6. The quantitative estimate of drug-likeness (QED) is 0.677. The lowest BCUT2D eigenvalue weighted by molar-refractivity contribution is -0.116. The van der Waals surface area contributed by atoms with Gasteiger partial charge < -0.3 is 4.79 Å². The van der Waals surface area contributed by atoms with Crippen molar-refractivity contribution < 1.29 is 4.79 Å². The van der Waals surface area contributed by atoms with E-state index in [-0.39, 0.29) is 5.78 Å². The van der Waals surface area contributed by atoms with E-state index in [1.807, 2.05) is 12.1 Å². The van der Waals surface area contributed by atoms with Crippen molar-refractivity contribution >= 4 is 17.4 Å². The molecule has 0 aromatic heterocycles. The average Bonchev–Trinajstić information content (AvgIpc) is 2.24. The van der Waals surface area contributed by atoms with E-state index >= 15 is 0 Å². The van der Waals surface area contributed by atoms with Gasteiger partial charge in [-0.1, -0.05) is 24.3 Å². The number of aryl methyl sites for hydroxylation is 2. The lowest BCUT2D eigenvalue weighted by atomic mass is 9.99. The summed E-state index contributed by atoms with van der Waals surface area (Å²) >= 11 is 5.68. The maximum atomic E-state index is 10.9. The Balaban J connectivity index is 2.63. The van der Waals surface area contributed by atoms with Crippen LogP contribution < -0.4 is 0 Å². The molecule has 1 aromatic rings. The summed E-state index contributed by atoms with van der Waals surface area (Å²) < 4.78 is 0. The summed E-state index contributed by atoms with van der Waals surface area (Å²) in [6.45, 7) is 1.64. The van der Waals surface area contributed by atoms with Crippen LogP contribution in [-0.2, 0) is 17.6 Å². The van der Waals surface area contributed by atoms with Gasteiger partial charge in [0.15, 0.2) is 0 Å². The molecule has 2 heteroatoms. The number of alkyl halides is 1. The smallest absolute Gasteiger partial charge is 0.130 e. The van der Waals surface area contributed by atoms with Crippen molar-refractivity contribution in [2.75, 3.05) is 5.88 Å². The molecule has 15 heavy (non-hydrogen) atoms. The minimum absolute atomic E-state index is 0.252. The first-order valence-corrected chi connectivity index (χ1v) is 5.89. The minimum Gasteiger partial charge on any atom is -0.300 e. The maximum Gasteiger partial charge on any atom is 0.130 e. The van der Waals surface area contributed by atoms with Crippen LogP contribution in [0, 0.1) is 0 Å². The molecular weight excluding hydrogens is 208 g/mol. The molecule has 0 atom stereocenters. The number of benzene rings is 1. The van der Waals surface area contributed by atoms with Gasteiger partial charge >= 0.3 is 0 Å². The molecule has 1 rings (SSSR count). The van der Waals surface area contributed by atoms with Gasteiger partial charge in [-0.25, -0.2) is 0 Å². The third kappa shape index (κ3) is 4.48. The number of halogens is 1. The topological polar surface area (TPSA) is 17.1 Å². The number of ketones is 1. The Bertz CT molecular complexity index is 320. The summed E-state index contributed by atoms with van der Waals surface area (Å²) in [4.78, 5) is 10.9. The average molecular weight is 225 g/mol. The third-order valence-electron chi connectivity index (χ3n) is 2.44. The van der Waals surface area contributed by atoms with E-state index < -0.39 is 0 Å². The van der Waals surface area contributed by atoms with Crippen molar-refractivity contribution in [3.8, 4) is 0 Å². The summed E-state index contributed by atoms with van der Waals surface area (Å²) in [5.41, 5.74) is 2.62. The number of carbonyl (C=O) groups excluding carboxylic acids is 1. The largest absolute Gasteiger partial charge is 0.300 e. The SMILES string of the molecule is CC(=O)CCc1ccccc1CCCCl. The minimum atomic E-state index is 0.252. The van der Waals surface area contributed by atoms with Crippen molar-refractivity contribution in [3.63, 3.8) is 0 Å². The van der Waals surface area contributed by atoms with Crippen LogP contribution in [0.1, 0.15) is 30.9 Å². The van der Waals surface area contributed by atoms with E-state index in [0.29, 0.717) is 12.3 Å². The molecule has 0 N–H and O–H groups in total. The molecule has 0 amide bonds. The van der Waals surface area contributed by atoms with Crippen LogP contribution in [0.25, 0.3) is 0 Å². The van der Waals surface area contributed by atoms with E-state index in [1.165, 1.54) is 11.1 Å². The Labute approximate surface area is 96.5 Å². The molecule has 0 saturated carbocycles. The van der Waals surface area contributed by atoms with Gasteiger partial charge in [0.05, 0.1) is 0 Å². The van der Waals surface area contributed by atoms with Crippen LogP contribution in [0.5, 0.6) is 0 Å². The fourth-order valence-corrected chi connectivity index (χ4v) is 1.75. The zero-order valence-electron chi connectivity index (χ0n) is 9.13. The van der Waals surface area contributed by atoms with Crippen LogP contribution in [-0.4, -0.2) is 11.7 Å². The third-order valence-corrected chi connectivity index (χ3v) is 2.71. The van der Waals surface area contributed by atoms with Gasteiger partial charge in [0.2, 0.25) is 0 Å². The Kier molecular flexibility index (Phi) is 5.41. The van der Waals surface area contributed by atoms with Crippen LogP contribution >= 0.6 is 11.6 Å². The van der Waals surface area contributed by atoms with Crippen LogP contribution in [0.2, 0.25) is 0 Å². The fourth-order valence-electron chi connectivity index (χ4n) is 1.61. The second kappa shape index (κ2) is 6.62. The molecule has 0 heterocycles. The van der Waals surface area contributed by atoms with E-state index in [9.17, 15) is 4.79 Å². The zero-order chi connectivity index (χ0) is 11.1. The standard InChI is InChI=1S/C13H17ClO/c1-11(15)8-9-13-6-3-2-5-12(13)7-4-10-14/h2-3,5-6H,4,7-10H2,1H3. The lowest BCUT2D eigenvalue weighted by Gasteiger charge is -2.07. The Morgan fingerprint density at radius 2 is 1.80 bits per heavy atom. The predicted molar refractivity (Wildman–Crippen MR) is 64.5 cm³/mol. The molecule has 0 fully saturated rings. The summed E-state index contributed by atoms with van der Waals surface area (Å²) in [5.74, 6) is 0.947. The Morgan fingerprint density at radius 1 is 1.20 bits per heavy atom. The molecule has 1 aromatic carbocycles. The normalized spacial score (nSPS) is 10.3. The van der Waals surface area contributed by atoms with Gasteiger partial charge in [-0.15, -0.1) is 11.6 Å². The highest BCUT2D eigenvalue weighted by Crippen LogP contribution is 2.13. The van der Waals surface area contributed by atoms with Gasteiger partial charge in [0, 0.05) is 12.3 Å². The van der Waals surface area contributed by atoms with Crippen LogP contribution in [0.15, 0.2) is 24.3 Å². The van der Waals surface area contributed by atoms with Gasteiger partial charge in [0.25, 0.3) is 0 Å². The molecule has 0 aliphatic carbocycles. The maximum absolute atomic E-state index is 10.9. The summed E-state index contributed by atoms with van der Waals surface area (Å²) in [6.07, 6.45) is 3.50. The number of hydrogen-bond donors (Lipinski definition) is 0. The first kappa shape index (κ1) is 12.3. The molecule has 0 saturated heterocycles. The van der Waals surface area contributed by atoms with Crippen molar-refractivity contribution in [2.45, 2.75) is 32.6 Å². The molecule has 82 valence electrons. The molecule has 0 aliphatic rings. The number of carbonyl (C=O) groups is 1. The second-order valence-electron chi connectivity index (χ2n) is 3.76. The second-order valence-corrected chi connectivity index (χ2v) is 4.14. The van der Waals surface area contributed by atoms with Crippen molar-refractivity contribution in [1.29, 1.82) is 0 Å². The molecule has 0 radical (unpaired) electrons. The van der Waals surface area contributed by atoms with Gasteiger partial charge in [0.1, 0.15) is 5.78 Å². The highest BCUT2D eigenvalue weighted by atomic mass is 35.5. The van der Waals surface area contributed by atoms with Crippen LogP contribution in [0.4, 0.5) is 0 Å². The summed E-state index contributed by atoms with van der Waals surface area (Å²) in [6, 6.07) is 8.30. The van der Waals surface area contributed by atoms with E-state index in [2.05, 4.69) is 12.1 Å². The van der Waals surface area contributed by atoms with Gasteiger partial charge in [-0.2, -0.15) is 0 Å². The summed E-state index contributed by atoms with van der Waals surface area (Å²) in [7, 11) is 0. The summed E-state index contributed by atoms with van der Waals surface area (Å²) in [5, 5.41) is 0. The molecule has 0 spiro atoms. The van der Waals surface area contributed by atoms with Gasteiger partial charge in [-0.05, 0) is 37.3 Å². The van der Waals surface area contributed by atoms with E-state index in [1.54, 1.807) is 6.92 Å². The first-order chi connectivity index (χ1) is 7.24. The van der Waals surface area contributed by atoms with Crippen molar-refractivity contribution in [3.05, 3.63) is 35.4 Å². The highest BCUT2D eigenvalue weighted by molar-refractivity contribution is 6.17. The predicted octanol–water partition coefficient (Wildman–Crippen LogP) is 3.38. The zero-order valence-corrected chi connectivity index (χ0v) is 9.89. The fraction of sp³-hybridized carbons (Fsp3) is 0.462. The molecule has 0 aliphatic heterocycles. The molecule has 1 nitrogen and oxygen atoms in total. The molecule has 0 bridgehead atoms. The van der Waals surface area contributed by atoms with E-state index in [4.69, 9.17) is 11.6 Å². The number of Topliss-reactive ketones (excluding diaryl/α,β-unsaturated/α-hetero) is 1. The molecular formula is C13H17ClO. The van der Waals surface area contributed by atoms with Gasteiger partial charge in [-0.3, -0.25) is 0 Å².